The number of nitrogens with zero attached hydrogens (tertiary/aromatic N) is 4. The third kappa shape index (κ3) is 3.25. The lowest BCUT2D eigenvalue weighted by Crippen LogP contribution is -2.14. The first kappa shape index (κ1) is 15.1. The maximum absolute atomic E-state index is 11.8. The molecule has 1 saturated carbocycles. The van der Waals surface area contributed by atoms with Gasteiger partial charge in [-0.05, 0) is 31.0 Å². The lowest BCUT2D eigenvalue weighted by molar-refractivity contribution is -0.384. The van der Waals surface area contributed by atoms with Crippen LogP contribution in [0.3, 0.4) is 0 Å². The van der Waals surface area contributed by atoms with Gasteiger partial charge in [0, 0.05) is 12.0 Å². The molecule has 1 aliphatic carbocycles. The van der Waals surface area contributed by atoms with Gasteiger partial charge in [0.1, 0.15) is 11.5 Å². The van der Waals surface area contributed by atoms with E-state index >= 15 is 0 Å². The van der Waals surface area contributed by atoms with Gasteiger partial charge in [0.05, 0.1) is 17.2 Å². The highest BCUT2D eigenvalue weighted by atomic mass is 16.6. The fraction of sp³-hybridized carbons (Fsp3) is 0.188. The summed E-state index contributed by atoms with van der Waals surface area (Å²) in [6.45, 7) is 0. The molecule has 2 heterocycles. The van der Waals surface area contributed by atoms with E-state index in [1.807, 2.05) is 0 Å². The summed E-state index contributed by atoms with van der Waals surface area (Å²) in [4.78, 5) is 26.3. The third-order valence-corrected chi connectivity index (χ3v) is 3.75. The van der Waals surface area contributed by atoms with Crippen LogP contribution in [-0.2, 0) is 4.79 Å². The number of nitrogens with one attached hydrogen (secondary N) is 1. The second-order valence-electron chi connectivity index (χ2n) is 5.72. The van der Waals surface area contributed by atoms with Gasteiger partial charge in [-0.1, -0.05) is 6.07 Å². The predicted octanol–water partition coefficient (Wildman–Crippen LogP) is 2.78. The van der Waals surface area contributed by atoms with Crippen molar-refractivity contribution in [3.05, 3.63) is 52.7 Å². The Hall–Kier alpha value is -3.49. The number of aromatic nitrogens is 3. The van der Waals surface area contributed by atoms with Crippen molar-refractivity contribution in [2.24, 2.45) is 5.92 Å². The largest absolute Gasteiger partial charge is 0.455 e. The van der Waals surface area contributed by atoms with Crippen LogP contribution < -0.4 is 10.1 Å². The average molecular weight is 339 g/mol. The summed E-state index contributed by atoms with van der Waals surface area (Å²) in [7, 11) is 0. The number of non-ortho nitro benzene ring substituents is 1. The fourth-order valence-electron chi connectivity index (χ4n) is 2.33. The predicted molar refractivity (Wildman–Crippen MR) is 87.5 cm³/mol. The highest BCUT2D eigenvalue weighted by Crippen LogP contribution is 2.30. The zero-order valence-corrected chi connectivity index (χ0v) is 13.0. The Bertz CT molecular complexity index is 980. The molecule has 9 nitrogen and oxygen atoms in total. The second kappa shape index (κ2) is 5.86. The number of carbonyl (C=O) groups is 1. The van der Waals surface area contributed by atoms with Gasteiger partial charge in [0.2, 0.25) is 11.9 Å². The van der Waals surface area contributed by atoms with E-state index in [1.54, 1.807) is 30.5 Å². The van der Waals surface area contributed by atoms with Crippen molar-refractivity contribution in [3.63, 3.8) is 0 Å². The number of hydrogen-bond acceptors (Lipinski definition) is 6. The van der Waals surface area contributed by atoms with Crippen molar-refractivity contribution < 1.29 is 14.5 Å². The molecular formula is C16H13N5O4. The summed E-state index contributed by atoms with van der Waals surface area (Å²) < 4.78 is 7.12. The van der Waals surface area contributed by atoms with Crippen LogP contribution in [0.2, 0.25) is 0 Å². The third-order valence-electron chi connectivity index (χ3n) is 3.75. The van der Waals surface area contributed by atoms with Gasteiger partial charge in [-0.3, -0.25) is 20.2 Å². The molecule has 1 fully saturated rings. The van der Waals surface area contributed by atoms with E-state index in [9.17, 15) is 14.9 Å². The SMILES string of the molecule is O=C(Nc1nc2ccc(Oc3cccc([N+](=O)[O-])c3)cn2n1)C1CC1. The van der Waals surface area contributed by atoms with Crippen molar-refractivity contribution in [1.82, 2.24) is 14.6 Å². The van der Waals surface area contributed by atoms with E-state index < -0.39 is 4.92 Å². The minimum absolute atomic E-state index is 0.0515. The van der Waals surface area contributed by atoms with Crippen molar-refractivity contribution in [2.75, 3.05) is 5.32 Å². The molecule has 1 amide bonds. The lowest BCUT2D eigenvalue weighted by atomic mass is 10.3. The molecule has 3 aromatic rings. The highest BCUT2D eigenvalue weighted by Gasteiger charge is 2.30. The Labute approximate surface area is 141 Å². The number of rotatable bonds is 5. The smallest absolute Gasteiger partial charge is 0.273 e. The number of nitro groups is 1. The zero-order chi connectivity index (χ0) is 17.4. The van der Waals surface area contributed by atoms with Crippen molar-refractivity contribution in [1.29, 1.82) is 0 Å². The molecule has 1 aliphatic rings. The molecule has 25 heavy (non-hydrogen) atoms. The molecule has 0 atom stereocenters. The average Bonchev–Trinajstić information content (AvgIpc) is 3.36. The van der Waals surface area contributed by atoms with E-state index in [0.717, 1.165) is 12.8 Å². The number of nitro benzene ring substituents is 1. The number of amides is 1. The maximum atomic E-state index is 11.8. The Morgan fingerprint density at radius 1 is 1.28 bits per heavy atom. The first-order valence-corrected chi connectivity index (χ1v) is 7.68. The minimum Gasteiger partial charge on any atom is -0.455 e. The first-order valence-electron chi connectivity index (χ1n) is 7.68. The molecule has 1 N–H and O–H groups in total. The van der Waals surface area contributed by atoms with Crippen LogP contribution in [0.5, 0.6) is 11.5 Å². The monoisotopic (exact) mass is 339 g/mol. The molecule has 126 valence electrons. The molecule has 2 aromatic heterocycles. The topological polar surface area (TPSA) is 112 Å². The summed E-state index contributed by atoms with van der Waals surface area (Å²) in [5, 5.41) is 17.7. The van der Waals surface area contributed by atoms with Crippen molar-refractivity contribution >= 4 is 23.2 Å². The Morgan fingerprint density at radius 2 is 2.12 bits per heavy atom. The lowest BCUT2D eigenvalue weighted by Gasteiger charge is -2.05. The zero-order valence-electron chi connectivity index (χ0n) is 13.0. The molecule has 0 spiro atoms. The summed E-state index contributed by atoms with van der Waals surface area (Å²) in [6, 6.07) is 9.27. The van der Waals surface area contributed by atoms with Crippen LogP contribution in [0.25, 0.3) is 5.65 Å². The van der Waals surface area contributed by atoms with E-state index in [1.165, 1.54) is 16.6 Å². The van der Waals surface area contributed by atoms with Crippen LogP contribution in [0, 0.1) is 16.0 Å². The number of ether oxygens (including phenoxy) is 1. The maximum Gasteiger partial charge on any atom is 0.273 e. The molecule has 0 bridgehead atoms. The quantitative estimate of drug-likeness (QED) is 0.565. The summed E-state index contributed by atoms with van der Waals surface area (Å²) in [5.41, 5.74) is 0.502. The van der Waals surface area contributed by atoms with Crippen molar-refractivity contribution in [3.8, 4) is 11.5 Å². The molecular weight excluding hydrogens is 326 g/mol. The summed E-state index contributed by atoms with van der Waals surface area (Å²) in [5.74, 6) is 1.03. The number of hydrogen-bond donors (Lipinski definition) is 1. The van der Waals surface area contributed by atoms with Gasteiger partial charge in [-0.15, -0.1) is 5.10 Å². The number of benzene rings is 1. The van der Waals surface area contributed by atoms with Crippen LogP contribution in [0.15, 0.2) is 42.6 Å². The Balaban J connectivity index is 1.55. The molecule has 1 aromatic carbocycles. The van der Waals surface area contributed by atoms with Crippen LogP contribution in [0.4, 0.5) is 11.6 Å². The standard InChI is InChI=1S/C16H13N5O4/c22-15(10-4-5-10)18-16-17-14-7-6-13(9-20(14)19-16)25-12-3-1-2-11(8-12)21(23)24/h1-3,6-10H,4-5H2,(H,18,19,22). The first-order chi connectivity index (χ1) is 12.1. The molecule has 0 radical (unpaired) electrons. The normalized spacial score (nSPS) is 13.6. The van der Waals surface area contributed by atoms with Crippen LogP contribution in [-0.4, -0.2) is 25.4 Å². The van der Waals surface area contributed by atoms with Crippen molar-refractivity contribution in [2.45, 2.75) is 12.8 Å². The number of anilines is 1. The summed E-state index contributed by atoms with van der Waals surface area (Å²) >= 11 is 0. The second-order valence-corrected chi connectivity index (χ2v) is 5.72. The van der Waals surface area contributed by atoms with E-state index in [0.29, 0.717) is 17.1 Å². The van der Waals surface area contributed by atoms with E-state index in [2.05, 4.69) is 15.4 Å². The summed E-state index contributed by atoms with van der Waals surface area (Å²) in [6.07, 6.45) is 3.40. The van der Waals surface area contributed by atoms with Gasteiger partial charge in [-0.2, -0.15) is 4.98 Å². The number of pyridine rings is 1. The Kier molecular flexibility index (Phi) is 3.53. The van der Waals surface area contributed by atoms with Gasteiger partial charge in [0.25, 0.3) is 5.69 Å². The fourth-order valence-corrected chi connectivity index (χ4v) is 2.33. The van der Waals surface area contributed by atoms with Gasteiger partial charge in [-0.25, -0.2) is 4.52 Å². The Morgan fingerprint density at radius 3 is 2.88 bits per heavy atom. The molecule has 9 heteroatoms. The number of carbonyl (C=O) groups excluding carboxylic acids is 1. The highest BCUT2D eigenvalue weighted by molar-refractivity contribution is 5.92. The van der Waals surface area contributed by atoms with E-state index in [4.69, 9.17) is 4.74 Å². The van der Waals surface area contributed by atoms with E-state index in [-0.39, 0.29) is 23.5 Å². The van der Waals surface area contributed by atoms with Gasteiger partial charge < -0.3 is 4.74 Å². The van der Waals surface area contributed by atoms with Gasteiger partial charge in [0.15, 0.2) is 5.65 Å². The molecule has 0 aliphatic heterocycles. The van der Waals surface area contributed by atoms with Gasteiger partial charge >= 0.3 is 0 Å². The molecule has 0 unspecified atom stereocenters. The molecule has 0 saturated heterocycles. The molecule has 4 rings (SSSR count). The van der Waals surface area contributed by atoms with Crippen LogP contribution >= 0.6 is 0 Å². The number of fused-ring (bicyclic) bond motifs is 1. The minimum atomic E-state index is -0.484. The van der Waals surface area contributed by atoms with Crippen LogP contribution in [0.1, 0.15) is 12.8 Å².